The van der Waals surface area contributed by atoms with E-state index in [1.54, 1.807) is 0 Å². The predicted octanol–water partition coefficient (Wildman–Crippen LogP) is 2.93. The Hall–Kier alpha value is -1.02. The number of fused-ring (bicyclic) bond motifs is 1. The van der Waals surface area contributed by atoms with Gasteiger partial charge in [0.15, 0.2) is 0 Å². The summed E-state index contributed by atoms with van der Waals surface area (Å²) in [4.78, 5) is 0. The summed E-state index contributed by atoms with van der Waals surface area (Å²) in [6.07, 6.45) is 0.350. The molecule has 82 valence electrons. The molecule has 0 saturated carbocycles. The first-order valence-corrected chi connectivity index (χ1v) is 5.55. The zero-order valence-corrected chi connectivity index (χ0v) is 9.58. The summed E-state index contributed by atoms with van der Waals surface area (Å²) in [7, 11) is 0. The highest BCUT2D eigenvalue weighted by atomic mass is 16.5. The van der Waals surface area contributed by atoms with E-state index in [0.717, 1.165) is 16.9 Å². The van der Waals surface area contributed by atoms with E-state index in [9.17, 15) is 5.11 Å². The molecule has 2 nitrogen and oxygen atoms in total. The molecule has 1 aromatic carbocycles. The molecule has 1 aromatic rings. The quantitative estimate of drug-likeness (QED) is 0.765. The van der Waals surface area contributed by atoms with Crippen LogP contribution >= 0.6 is 0 Å². The molecule has 0 spiro atoms. The van der Waals surface area contributed by atoms with Gasteiger partial charge in [-0.2, -0.15) is 0 Å². The van der Waals surface area contributed by atoms with Crippen molar-refractivity contribution in [2.24, 2.45) is 0 Å². The molecule has 0 aromatic heterocycles. The van der Waals surface area contributed by atoms with Crippen LogP contribution in [0.3, 0.4) is 0 Å². The third kappa shape index (κ3) is 1.74. The Morgan fingerprint density at radius 2 is 2.13 bits per heavy atom. The number of ether oxygens (including phenoxy) is 1. The first-order chi connectivity index (χ1) is 7.11. The molecule has 0 bridgehead atoms. The van der Waals surface area contributed by atoms with Gasteiger partial charge < -0.3 is 9.84 Å². The van der Waals surface area contributed by atoms with Crippen LogP contribution in [0.5, 0.6) is 5.75 Å². The monoisotopic (exact) mass is 206 g/mol. The van der Waals surface area contributed by atoms with E-state index >= 15 is 0 Å². The molecule has 0 saturated heterocycles. The fraction of sp³-hybridized carbons (Fsp3) is 0.538. The molecule has 15 heavy (non-hydrogen) atoms. The lowest BCUT2D eigenvalue weighted by Crippen LogP contribution is -2.17. The fourth-order valence-electron chi connectivity index (χ4n) is 2.16. The second-order valence-electron chi connectivity index (χ2n) is 4.52. The molecule has 1 atom stereocenters. The van der Waals surface area contributed by atoms with Gasteiger partial charge in [-0.05, 0) is 24.0 Å². The van der Waals surface area contributed by atoms with Crippen molar-refractivity contribution < 1.29 is 9.84 Å². The Bertz CT molecular complexity index is 369. The summed E-state index contributed by atoms with van der Waals surface area (Å²) in [6.45, 7) is 6.95. The Labute approximate surface area is 90.9 Å². The van der Waals surface area contributed by atoms with Crippen LogP contribution < -0.4 is 4.74 Å². The number of hydrogen-bond donors (Lipinski definition) is 1. The summed E-state index contributed by atoms with van der Waals surface area (Å²) in [5.74, 6) is 1.35. The van der Waals surface area contributed by atoms with Crippen LogP contribution in [0.2, 0.25) is 0 Å². The molecule has 1 aliphatic heterocycles. The highest BCUT2D eigenvalue weighted by Crippen LogP contribution is 2.39. The minimum absolute atomic E-state index is 0.354. The van der Waals surface area contributed by atoms with Crippen molar-refractivity contribution >= 4 is 0 Å². The van der Waals surface area contributed by atoms with E-state index < -0.39 is 0 Å². The minimum Gasteiger partial charge on any atom is -0.493 e. The molecule has 1 aliphatic rings. The lowest BCUT2D eigenvalue weighted by Gasteiger charge is -2.27. The number of aliphatic hydroxyl groups is 1. The van der Waals surface area contributed by atoms with Gasteiger partial charge in [-0.25, -0.2) is 0 Å². The SMILES string of the molecule is Cc1ccc(C(C)C)c2c1[C@@H](O)CCO2. The molecule has 0 unspecified atom stereocenters. The maximum absolute atomic E-state index is 9.97. The van der Waals surface area contributed by atoms with E-state index in [0.29, 0.717) is 18.9 Å². The van der Waals surface area contributed by atoms with Crippen molar-refractivity contribution in [1.82, 2.24) is 0 Å². The minimum atomic E-state index is -0.354. The van der Waals surface area contributed by atoms with Gasteiger partial charge in [0.1, 0.15) is 5.75 Å². The number of rotatable bonds is 1. The van der Waals surface area contributed by atoms with Crippen LogP contribution in [0, 0.1) is 6.92 Å². The normalized spacial score (nSPS) is 19.9. The van der Waals surface area contributed by atoms with Gasteiger partial charge in [-0.3, -0.25) is 0 Å². The predicted molar refractivity (Wildman–Crippen MR) is 60.3 cm³/mol. The highest BCUT2D eigenvalue weighted by molar-refractivity contribution is 5.49. The van der Waals surface area contributed by atoms with E-state index in [1.165, 1.54) is 5.56 Å². The Morgan fingerprint density at radius 3 is 2.80 bits per heavy atom. The Morgan fingerprint density at radius 1 is 1.40 bits per heavy atom. The molecule has 0 fully saturated rings. The molecular weight excluding hydrogens is 188 g/mol. The van der Waals surface area contributed by atoms with Crippen molar-refractivity contribution in [2.75, 3.05) is 6.61 Å². The van der Waals surface area contributed by atoms with Crippen molar-refractivity contribution in [1.29, 1.82) is 0 Å². The largest absolute Gasteiger partial charge is 0.493 e. The van der Waals surface area contributed by atoms with Gasteiger partial charge in [-0.15, -0.1) is 0 Å². The van der Waals surface area contributed by atoms with Crippen LogP contribution in [0.15, 0.2) is 12.1 Å². The van der Waals surface area contributed by atoms with Crippen molar-refractivity contribution in [2.45, 2.75) is 39.2 Å². The van der Waals surface area contributed by atoms with Crippen LogP contribution in [0.25, 0.3) is 0 Å². The first kappa shape index (κ1) is 10.5. The Balaban J connectivity index is 2.58. The molecule has 2 heteroatoms. The average Bonchev–Trinajstić information content (AvgIpc) is 2.17. The third-order valence-electron chi connectivity index (χ3n) is 3.04. The zero-order chi connectivity index (χ0) is 11.0. The van der Waals surface area contributed by atoms with E-state index in [2.05, 4.69) is 26.0 Å². The van der Waals surface area contributed by atoms with Gasteiger partial charge in [0.2, 0.25) is 0 Å². The standard InChI is InChI=1S/C13H18O2/c1-8(2)10-5-4-9(3)12-11(14)6-7-15-13(10)12/h4-5,8,11,14H,6-7H2,1-3H3/t11-/m0/s1. The first-order valence-electron chi connectivity index (χ1n) is 5.55. The van der Waals surface area contributed by atoms with E-state index in [1.807, 2.05) is 6.92 Å². The van der Waals surface area contributed by atoms with Crippen molar-refractivity contribution in [3.63, 3.8) is 0 Å². The fourth-order valence-corrected chi connectivity index (χ4v) is 2.16. The number of hydrogen-bond acceptors (Lipinski definition) is 2. The van der Waals surface area contributed by atoms with Crippen LogP contribution in [-0.2, 0) is 0 Å². The summed E-state index contributed by atoms with van der Waals surface area (Å²) in [5, 5.41) is 9.97. The number of aliphatic hydroxyl groups excluding tert-OH is 1. The Kier molecular flexibility index (Phi) is 2.70. The number of aryl methyl sites for hydroxylation is 1. The van der Waals surface area contributed by atoms with Crippen molar-refractivity contribution in [3.8, 4) is 5.75 Å². The van der Waals surface area contributed by atoms with E-state index in [4.69, 9.17) is 4.74 Å². The van der Waals surface area contributed by atoms with Crippen LogP contribution in [-0.4, -0.2) is 11.7 Å². The van der Waals surface area contributed by atoms with Gasteiger partial charge in [0.05, 0.1) is 12.7 Å². The maximum atomic E-state index is 9.97. The van der Waals surface area contributed by atoms with Crippen LogP contribution in [0.1, 0.15) is 49.0 Å². The van der Waals surface area contributed by atoms with Gasteiger partial charge in [0.25, 0.3) is 0 Å². The lowest BCUT2D eigenvalue weighted by molar-refractivity contribution is 0.113. The molecule has 0 radical (unpaired) electrons. The molecule has 1 heterocycles. The topological polar surface area (TPSA) is 29.5 Å². The summed E-state index contributed by atoms with van der Waals surface area (Å²) < 4.78 is 5.71. The van der Waals surface area contributed by atoms with E-state index in [-0.39, 0.29) is 6.10 Å². The molecule has 1 N–H and O–H groups in total. The highest BCUT2D eigenvalue weighted by Gasteiger charge is 2.24. The van der Waals surface area contributed by atoms with Crippen molar-refractivity contribution in [3.05, 3.63) is 28.8 Å². The summed E-state index contributed by atoms with van der Waals surface area (Å²) in [5.41, 5.74) is 3.32. The molecular formula is C13H18O2. The molecule has 0 aliphatic carbocycles. The van der Waals surface area contributed by atoms with Gasteiger partial charge >= 0.3 is 0 Å². The molecule has 0 amide bonds. The second-order valence-corrected chi connectivity index (χ2v) is 4.52. The second kappa shape index (κ2) is 3.86. The average molecular weight is 206 g/mol. The third-order valence-corrected chi connectivity index (χ3v) is 3.04. The maximum Gasteiger partial charge on any atom is 0.128 e. The summed E-state index contributed by atoms with van der Waals surface area (Å²) >= 11 is 0. The number of benzene rings is 1. The van der Waals surface area contributed by atoms with Gasteiger partial charge in [0, 0.05) is 12.0 Å². The lowest BCUT2D eigenvalue weighted by atomic mass is 9.91. The smallest absolute Gasteiger partial charge is 0.128 e. The zero-order valence-electron chi connectivity index (χ0n) is 9.58. The summed E-state index contributed by atoms with van der Waals surface area (Å²) in [6, 6.07) is 4.18. The van der Waals surface area contributed by atoms with Crippen LogP contribution in [0.4, 0.5) is 0 Å². The van der Waals surface area contributed by atoms with Gasteiger partial charge in [-0.1, -0.05) is 26.0 Å². The molecule has 2 rings (SSSR count).